The number of amides is 1. The van der Waals surface area contributed by atoms with Gasteiger partial charge in [-0.15, -0.1) is 11.3 Å². The number of aromatic nitrogens is 1. The van der Waals surface area contributed by atoms with Crippen molar-refractivity contribution in [3.05, 3.63) is 28.3 Å². The summed E-state index contributed by atoms with van der Waals surface area (Å²) in [4.78, 5) is 27.0. The van der Waals surface area contributed by atoms with Crippen LogP contribution in [0, 0.1) is 16.0 Å². The van der Waals surface area contributed by atoms with Gasteiger partial charge in [0.05, 0.1) is 20.9 Å². The van der Waals surface area contributed by atoms with Gasteiger partial charge in [-0.3, -0.25) is 14.9 Å². The highest BCUT2D eigenvalue weighted by molar-refractivity contribution is 8.01. The van der Waals surface area contributed by atoms with Crippen molar-refractivity contribution in [3.63, 3.8) is 0 Å². The summed E-state index contributed by atoms with van der Waals surface area (Å²) >= 11 is 2.77. The molecule has 128 valence electrons. The standard InChI is InChI=1S/C16H19N3O3S2/c1-10-4-2-3-5-12(10)17-15(20)9-23-16-18-13-7-6-11(19(21)22)8-14(13)24-16/h6-8,10,12H,2-5,9H2,1H3,(H,17,20)/t10-,12+/m0/s1. The number of hydrogen-bond acceptors (Lipinski definition) is 6. The summed E-state index contributed by atoms with van der Waals surface area (Å²) in [6.45, 7) is 2.19. The molecule has 2 atom stereocenters. The van der Waals surface area contributed by atoms with Gasteiger partial charge >= 0.3 is 0 Å². The number of thioether (sulfide) groups is 1. The number of fused-ring (bicyclic) bond motifs is 1. The largest absolute Gasteiger partial charge is 0.352 e. The molecule has 0 unspecified atom stereocenters. The van der Waals surface area contributed by atoms with Gasteiger partial charge in [0.15, 0.2) is 4.34 Å². The van der Waals surface area contributed by atoms with Crippen LogP contribution in [0.3, 0.4) is 0 Å². The van der Waals surface area contributed by atoms with Crippen molar-refractivity contribution in [2.75, 3.05) is 5.75 Å². The second-order valence-corrected chi connectivity index (χ2v) is 8.37. The number of nitro benzene ring substituents is 1. The number of nitrogens with zero attached hydrogens (tertiary/aromatic N) is 2. The van der Waals surface area contributed by atoms with E-state index in [-0.39, 0.29) is 17.6 Å². The van der Waals surface area contributed by atoms with Gasteiger partial charge in [-0.05, 0) is 24.8 Å². The van der Waals surface area contributed by atoms with Gasteiger partial charge in [-0.1, -0.05) is 31.5 Å². The first-order chi connectivity index (χ1) is 11.5. The Hall–Kier alpha value is -1.67. The molecule has 6 nitrogen and oxygen atoms in total. The van der Waals surface area contributed by atoms with Gasteiger partial charge in [0.2, 0.25) is 5.91 Å². The number of carbonyl (C=O) groups is 1. The van der Waals surface area contributed by atoms with Crippen molar-refractivity contribution in [3.8, 4) is 0 Å². The van der Waals surface area contributed by atoms with Crippen LogP contribution >= 0.6 is 23.1 Å². The number of benzene rings is 1. The van der Waals surface area contributed by atoms with Crippen LogP contribution in [0.5, 0.6) is 0 Å². The predicted octanol–water partition coefficient (Wildman–Crippen LogP) is 3.99. The Morgan fingerprint density at radius 2 is 2.25 bits per heavy atom. The van der Waals surface area contributed by atoms with Crippen LogP contribution in [0.4, 0.5) is 5.69 Å². The van der Waals surface area contributed by atoms with Crippen molar-refractivity contribution < 1.29 is 9.72 Å². The molecule has 0 saturated heterocycles. The lowest BCUT2D eigenvalue weighted by Crippen LogP contribution is -2.41. The third kappa shape index (κ3) is 4.05. The van der Waals surface area contributed by atoms with Crippen LogP contribution in [0.2, 0.25) is 0 Å². The Labute approximate surface area is 148 Å². The minimum Gasteiger partial charge on any atom is -0.352 e. The van der Waals surface area contributed by atoms with Crippen molar-refractivity contribution in [2.24, 2.45) is 5.92 Å². The van der Waals surface area contributed by atoms with Gasteiger partial charge in [-0.25, -0.2) is 4.98 Å². The van der Waals surface area contributed by atoms with E-state index in [0.29, 0.717) is 11.7 Å². The Morgan fingerprint density at radius 3 is 3.00 bits per heavy atom. The molecule has 8 heteroatoms. The van der Waals surface area contributed by atoms with E-state index in [0.717, 1.165) is 21.0 Å². The first kappa shape index (κ1) is 17.2. The number of carbonyl (C=O) groups excluding carboxylic acids is 1. The maximum absolute atomic E-state index is 12.1. The fraction of sp³-hybridized carbons (Fsp3) is 0.500. The SMILES string of the molecule is C[C@H]1CCCC[C@H]1NC(=O)CSc1nc2ccc([N+](=O)[O-])cc2s1. The van der Waals surface area contributed by atoms with E-state index in [1.807, 2.05) is 0 Å². The summed E-state index contributed by atoms with van der Waals surface area (Å²) in [5, 5.41) is 13.9. The van der Waals surface area contributed by atoms with Crippen molar-refractivity contribution in [2.45, 2.75) is 43.0 Å². The van der Waals surface area contributed by atoms with Gasteiger partial charge in [0.25, 0.3) is 5.69 Å². The minimum atomic E-state index is -0.412. The van der Waals surface area contributed by atoms with Crippen LogP contribution in [0.1, 0.15) is 32.6 Å². The molecule has 0 spiro atoms. The Bertz CT molecular complexity index is 762. The van der Waals surface area contributed by atoms with Crippen molar-refractivity contribution in [1.29, 1.82) is 0 Å². The third-order valence-corrected chi connectivity index (χ3v) is 6.51. The maximum atomic E-state index is 12.1. The maximum Gasteiger partial charge on any atom is 0.270 e. The molecule has 1 aliphatic rings. The molecular weight excluding hydrogens is 346 g/mol. The van der Waals surface area contributed by atoms with E-state index in [9.17, 15) is 14.9 Å². The number of hydrogen-bond donors (Lipinski definition) is 1. The van der Waals surface area contributed by atoms with Gasteiger partial charge in [0, 0.05) is 18.2 Å². The molecule has 1 heterocycles. The zero-order valence-electron chi connectivity index (χ0n) is 13.4. The van der Waals surface area contributed by atoms with E-state index in [4.69, 9.17) is 0 Å². The van der Waals surface area contributed by atoms with Crippen LogP contribution in [0.25, 0.3) is 10.2 Å². The number of nitrogens with one attached hydrogen (secondary N) is 1. The molecule has 1 aromatic carbocycles. The van der Waals surface area contributed by atoms with E-state index >= 15 is 0 Å². The number of nitro groups is 1. The van der Waals surface area contributed by atoms with E-state index in [1.54, 1.807) is 6.07 Å². The third-order valence-electron chi connectivity index (χ3n) is 4.35. The molecule has 2 aromatic rings. The average molecular weight is 365 g/mol. The lowest BCUT2D eigenvalue weighted by atomic mass is 9.86. The molecule has 1 aromatic heterocycles. The highest BCUT2D eigenvalue weighted by Gasteiger charge is 2.22. The molecule has 1 aliphatic carbocycles. The molecule has 0 bridgehead atoms. The summed E-state index contributed by atoms with van der Waals surface area (Å²) < 4.78 is 1.53. The second kappa shape index (κ2) is 7.48. The zero-order chi connectivity index (χ0) is 17.1. The fourth-order valence-electron chi connectivity index (χ4n) is 2.97. The van der Waals surface area contributed by atoms with Gasteiger partial charge in [-0.2, -0.15) is 0 Å². The number of rotatable bonds is 5. The quantitative estimate of drug-likeness (QED) is 0.492. The van der Waals surface area contributed by atoms with Crippen LogP contribution < -0.4 is 5.32 Å². The van der Waals surface area contributed by atoms with Crippen LogP contribution in [-0.4, -0.2) is 27.6 Å². The predicted molar refractivity (Wildman–Crippen MR) is 96.6 cm³/mol. The number of non-ortho nitro benzene ring substituents is 1. The average Bonchev–Trinajstić information content (AvgIpc) is 2.97. The highest BCUT2D eigenvalue weighted by Crippen LogP contribution is 2.32. The molecule has 1 fully saturated rings. The number of thiazole rings is 1. The molecule has 0 aliphatic heterocycles. The molecule has 24 heavy (non-hydrogen) atoms. The normalized spacial score (nSPS) is 20.9. The second-order valence-electron chi connectivity index (χ2n) is 6.11. The van der Waals surface area contributed by atoms with Gasteiger partial charge < -0.3 is 5.32 Å². The summed E-state index contributed by atoms with van der Waals surface area (Å²) in [7, 11) is 0. The van der Waals surface area contributed by atoms with Crippen LogP contribution in [0.15, 0.2) is 22.5 Å². The lowest BCUT2D eigenvalue weighted by molar-refractivity contribution is -0.384. The van der Waals surface area contributed by atoms with Crippen molar-refractivity contribution >= 4 is 44.9 Å². The van der Waals surface area contributed by atoms with Crippen LogP contribution in [-0.2, 0) is 4.79 Å². The lowest BCUT2D eigenvalue weighted by Gasteiger charge is -2.29. The molecular formula is C16H19N3O3S2. The molecule has 1 N–H and O–H groups in total. The molecule has 3 rings (SSSR count). The first-order valence-electron chi connectivity index (χ1n) is 8.00. The zero-order valence-corrected chi connectivity index (χ0v) is 15.0. The van der Waals surface area contributed by atoms with E-state index < -0.39 is 4.92 Å². The monoisotopic (exact) mass is 365 g/mol. The fourth-order valence-corrected chi connectivity index (χ4v) is 4.89. The first-order valence-corrected chi connectivity index (χ1v) is 9.80. The Balaban J connectivity index is 1.58. The topological polar surface area (TPSA) is 85.1 Å². The Kier molecular flexibility index (Phi) is 5.35. The minimum absolute atomic E-state index is 0.0315. The summed E-state index contributed by atoms with van der Waals surface area (Å²) in [5.41, 5.74) is 0.793. The summed E-state index contributed by atoms with van der Waals surface area (Å²) in [5.74, 6) is 0.894. The van der Waals surface area contributed by atoms with E-state index in [2.05, 4.69) is 17.2 Å². The smallest absolute Gasteiger partial charge is 0.270 e. The summed E-state index contributed by atoms with van der Waals surface area (Å²) in [6.07, 6.45) is 4.66. The summed E-state index contributed by atoms with van der Waals surface area (Å²) in [6, 6.07) is 4.91. The van der Waals surface area contributed by atoms with Crippen molar-refractivity contribution in [1.82, 2.24) is 10.3 Å². The Morgan fingerprint density at radius 1 is 1.46 bits per heavy atom. The van der Waals surface area contributed by atoms with Gasteiger partial charge in [0.1, 0.15) is 0 Å². The highest BCUT2D eigenvalue weighted by atomic mass is 32.2. The molecule has 1 saturated carbocycles. The molecule has 1 amide bonds. The van der Waals surface area contributed by atoms with E-state index in [1.165, 1.54) is 54.5 Å². The molecule has 0 radical (unpaired) electrons.